The number of halogens is 2. The molecule has 2 aromatic carbocycles. The molecule has 2 amide bonds. The molecule has 1 aliphatic rings. The van der Waals surface area contributed by atoms with E-state index in [1.807, 2.05) is 0 Å². The van der Waals surface area contributed by atoms with Crippen molar-refractivity contribution < 1.29 is 14.0 Å². The lowest BCUT2D eigenvalue weighted by atomic mass is 10.1. The number of anilines is 1. The van der Waals surface area contributed by atoms with E-state index in [1.54, 1.807) is 37.3 Å². The van der Waals surface area contributed by atoms with Crippen LogP contribution in [0.1, 0.15) is 11.1 Å². The van der Waals surface area contributed by atoms with Crippen LogP contribution in [0.15, 0.2) is 57.4 Å². The quantitative estimate of drug-likeness (QED) is 0.352. The van der Waals surface area contributed by atoms with Crippen LogP contribution in [0.4, 0.5) is 5.69 Å². The van der Waals surface area contributed by atoms with Gasteiger partial charge in [-0.3, -0.25) is 24.6 Å². The van der Waals surface area contributed by atoms with Gasteiger partial charge in [0.1, 0.15) is 17.4 Å². The Morgan fingerprint density at radius 2 is 1.80 bits per heavy atom. The fourth-order valence-corrected chi connectivity index (χ4v) is 3.57. The predicted octanol–water partition coefficient (Wildman–Crippen LogP) is 4.24. The Bertz CT molecular complexity index is 1330. The van der Waals surface area contributed by atoms with Crippen LogP contribution in [0, 0.1) is 6.92 Å². The molecule has 0 unspecified atom stereocenters. The van der Waals surface area contributed by atoms with Crippen molar-refractivity contribution in [3.05, 3.63) is 79.6 Å². The van der Waals surface area contributed by atoms with Crippen molar-refractivity contribution in [2.24, 2.45) is 0 Å². The van der Waals surface area contributed by atoms with Gasteiger partial charge in [-0.1, -0.05) is 23.2 Å². The largest absolute Gasteiger partial charge is 0.463 e. The highest BCUT2D eigenvalue weighted by atomic mass is 35.5. The summed E-state index contributed by atoms with van der Waals surface area (Å²) < 4.78 is 5.52. The molecule has 9 heteroatoms. The minimum absolute atomic E-state index is 0.0322. The Labute approximate surface area is 185 Å². The average molecular weight is 459 g/mol. The van der Waals surface area contributed by atoms with Gasteiger partial charge in [0, 0.05) is 10.0 Å². The number of benzene rings is 2. The minimum Gasteiger partial charge on any atom is -0.463 e. The average Bonchev–Trinajstić information content (AvgIpc) is 2.69. The number of rotatable bonds is 2. The Hall–Kier alpha value is -3.00. The van der Waals surface area contributed by atoms with E-state index >= 15 is 0 Å². The van der Waals surface area contributed by atoms with Crippen LogP contribution in [-0.4, -0.2) is 16.9 Å². The Balaban J connectivity index is 1.81. The minimum atomic E-state index is -0.711. The maximum Gasteiger partial charge on any atom is 0.270 e. The highest BCUT2D eigenvalue weighted by Crippen LogP contribution is 2.25. The van der Waals surface area contributed by atoms with E-state index in [-0.39, 0.29) is 21.6 Å². The van der Waals surface area contributed by atoms with E-state index in [0.29, 0.717) is 21.3 Å². The van der Waals surface area contributed by atoms with Crippen LogP contribution >= 0.6 is 35.4 Å². The summed E-state index contributed by atoms with van der Waals surface area (Å²) in [7, 11) is 0. The van der Waals surface area contributed by atoms with E-state index in [4.69, 9.17) is 39.8 Å². The van der Waals surface area contributed by atoms with Gasteiger partial charge >= 0.3 is 0 Å². The number of fused-ring (bicyclic) bond motifs is 1. The van der Waals surface area contributed by atoms with Gasteiger partial charge < -0.3 is 4.42 Å². The maximum atomic E-state index is 13.0. The second-order valence-electron chi connectivity index (χ2n) is 6.55. The first-order chi connectivity index (χ1) is 14.3. The molecule has 0 aliphatic carbocycles. The number of carbonyl (C=O) groups is 2. The molecule has 0 atom stereocenters. The summed E-state index contributed by atoms with van der Waals surface area (Å²) in [6, 6.07) is 9.52. The topological polar surface area (TPSA) is 79.6 Å². The number of amides is 2. The lowest BCUT2D eigenvalue weighted by Crippen LogP contribution is -2.54. The number of thiocarbonyl (C=S) groups is 1. The van der Waals surface area contributed by atoms with Gasteiger partial charge in [0.25, 0.3) is 11.8 Å². The first kappa shape index (κ1) is 20.3. The van der Waals surface area contributed by atoms with Crippen molar-refractivity contribution in [1.29, 1.82) is 0 Å². The smallest absolute Gasteiger partial charge is 0.270 e. The third-order valence-electron chi connectivity index (χ3n) is 4.57. The zero-order valence-electron chi connectivity index (χ0n) is 15.4. The van der Waals surface area contributed by atoms with Crippen molar-refractivity contribution in [1.82, 2.24) is 5.32 Å². The zero-order valence-corrected chi connectivity index (χ0v) is 17.7. The van der Waals surface area contributed by atoms with Gasteiger partial charge in [-0.15, -0.1) is 0 Å². The molecule has 2 heterocycles. The Morgan fingerprint density at radius 3 is 2.50 bits per heavy atom. The molecule has 0 bridgehead atoms. The number of hydrogen-bond donors (Lipinski definition) is 1. The van der Waals surface area contributed by atoms with E-state index in [9.17, 15) is 14.4 Å². The summed E-state index contributed by atoms with van der Waals surface area (Å²) in [4.78, 5) is 39.5. The normalized spacial score (nSPS) is 15.8. The summed E-state index contributed by atoms with van der Waals surface area (Å²) >= 11 is 17.2. The zero-order chi connectivity index (χ0) is 21.6. The molecule has 1 fully saturated rings. The highest BCUT2D eigenvalue weighted by Gasteiger charge is 2.34. The van der Waals surface area contributed by atoms with Gasteiger partial charge in [-0.25, -0.2) is 0 Å². The molecule has 30 heavy (non-hydrogen) atoms. The number of nitrogens with zero attached hydrogens (tertiary/aromatic N) is 1. The molecule has 0 radical (unpaired) electrons. The molecule has 4 rings (SSSR count). The third kappa shape index (κ3) is 3.52. The van der Waals surface area contributed by atoms with Crippen LogP contribution in [-0.2, 0) is 9.59 Å². The van der Waals surface area contributed by atoms with Crippen molar-refractivity contribution >= 4 is 75.1 Å². The first-order valence-corrected chi connectivity index (χ1v) is 9.81. The van der Waals surface area contributed by atoms with Crippen LogP contribution < -0.4 is 15.6 Å². The van der Waals surface area contributed by atoms with E-state index in [0.717, 1.165) is 10.5 Å². The van der Waals surface area contributed by atoms with Gasteiger partial charge in [-0.05, 0) is 67.2 Å². The summed E-state index contributed by atoms with van der Waals surface area (Å²) in [6.45, 7) is 1.79. The fourth-order valence-electron chi connectivity index (χ4n) is 3.00. The fraction of sp³-hybridized carbons (Fsp3) is 0.0476. The van der Waals surface area contributed by atoms with E-state index in [1.165, 1.54) is 18.4 Å². The number of nitrogens with one attached hydrogen (secondary N) is 1. The van der Waals surface area contributed by atoms with Crippen molar-refractivity contribution in [2.45, 2.75) is 6.92 Å². The molecular weight excluding hydrogens is 447 g/mol. The first-order valence-electron chi connectivity index (χ1n) is 8.65. The predicted molar refractivity (Wildman–Crippen MR) is 120 cm³/mol. The highest BCUT2D eigenvalue weighted by molar-refractivity contribution is 7.80. The summed E-state index contributed by atoms with van der Waals surface area (Å²) in [5.74, 6) is -1.39. The molecule has 0 saturated carbocycles. The van der Waals surface area contributed by atoms with Crippen LogP contribution in [0.2, 0.25) is 10.0 Å². The van der Waals surface area contributed by atoms with Crippen molar-refractivity contribution in [3.63, 3.8) is 0 Å². The second kappa shape index (κ2) is 7.68. The lowest BCUT2D eigenvalue weighted by molar-refractivity contribution is -0.122. The molecule has 1 N–H and O–H groups in total. The van der Waals surface area contributed by atoms with Gasteiger partial charge in [0.15, 0.2) is 10.5 Å². The third-order valence-corrected chi connectivity index (χ3v) is 5.51. The van der Waals surface area contributed by atoms with E-state index in [2.05, 4.69) is 5.32 Å². The standard InChI is InChI=1S/C21H12Cl2N2O4S/c1-10-6-17-14(8-16(10)23)18(26)11(9-29-17)7-15-19(27)24-21(30)25(20(15)28)13-4-2-12(22)3-5-13/h2-9H,1H3,(H,24,27,30). The van der Waals surface area contributed by atoms with Crippen molar-refractivity contribution in [3.8, 4) is 0 Å². The molecule has 1 aliphatic heterocycles. The molecule has 1 aromatic heterocycles. The summed E-state index contributed by atoms with van der Waals surface area (Å²) in [5.41, 5.74) is 0.888. The van der Waals surface area contributed by atoms with Crippen molar-refractivity contribution in [2.75, 3.05) is 4.90 Å². The number of hydrogen-bond acceptors (Lipinski definition) is 5. The summed E-state index contributed by atoms with van der Waals surface area (Å²) in [6.07, 6.45) is 2.38. The molecule has 0 spiro atoms. The molecular formula is C21H12Cl2N2O4S. The Kier molecular flexibility index (Phi) is 5.19. The van der Waals surface area contributed by atoms with Crippen LogP contribution in [0.25, 0.3) is 17.0 Å². The number of carbonyl (C=O) groups excluding carboxylic acids is 2. The molecule has 1 saturated heterocycles. The molecule has 150 valence electrons. The van der Waals surface area contributed by atoms with Crippen LogP contribution in [0.3, 0.4) is 0 Å². The van der Waals surface area contributed by atoms with Gasteiger partial charge in [-0.2, -0.15) is 0 Å². The second-order valence-corrected chi connectivity index (χ2v) is 7.78. The van der Waals surface area contributed by atoms with Gasteiger partial charge in [0.05, 0.1) is 16.6 Å². The lowest BCUT2D eigenvalue weighted by Gasteiger charge is -2.28. The summed E-state index contributed by atoms with van der Waals surface area (Å²) in [5, 5.41) is 3.52. The SMILES string of the molecule is Cc1cc2occ(C=C3C(=O)NC(=S)N(c4ccc(Cl)cc4)C3=O)c(=O)c2cc1Cl. The van der Waals surface area contributed by atoms with Gasteiger partial charge in [0.2, 0.25) is 0 Å². The monoisotopic (exact) mass is 458 g/mol. The van der Waals surface area contributed by atoms with E-state index < -0.39 is 17.2 Å². The molecule has 6 nitrogen and oxygen atoms in total. The maximum absolute atomic E-state index is 13.0. The van der Waals surface area contributed by atoms with Crippen LogP contribution in [0.5, 0.6) is 0 Å². The molecule has 3 aromatic rings. The number of aryl methyl sites for hydroxylation is 1. The Morgan fingerprint density at radius 1 is 1.10 bits per heavy atom.